The van der Waals surface area contributed by atoms with Crippen LogP contribution in [0.5, 0.6) is 11.5 Å². The van der Waals surface area contributed by atoms with Gasteiger partial charge in [-0.2, -0.15) is 0 Å². The lowest BCUT2D eigenvalue weighted by Gasteiger charge is -2.39. The van der Waals surface area contributed by atoms with Crippen molar-refractivity contribution in [3.8, 4) is 11.5 Å². The molecule has 37 heavy (non-hydrogen) atoms. The fraction of sp³-hybridized carbons (Fsp3) is 0.407. The van der Waals surface area contributed by atoms with E-state index in [1.165, 1.54) is 18.5 Å². The summed E-state index contributed by atoms with van der Waals surface area (Å²) >= 11 is 0. The highest BCUT2D eigenvalue weighted by Crippen LogP contribution is 2.37. The molecule has 2 aromatic carbocycles. The van der Waals surface area contributed by atoms with E-state index in [4.69, 9.17) is 9.47 Å². The molecule has 0 unspecified atom stereocenters. The van der Waals surface area contributed by atoms with Gasteiger partial charge in [0.15, 0.2) is 17.3 Å². The zero-order valence-electron chi connectivity index (χ0n) is 20.5. The number of aromatic amines is 1. The zero-order valence-corrected chi connectivity index (χ0v) is 20.5. The van der Waals surface area contributed by atoms with Crippen molar-refractivity contribution in [3.05, 3.63) is 70.3 Å². The number of anilines is 1. The summed E-state index contributed by atoms with van der Waals surface area (Å²) in [6.07, 6.45) is 4.47. The quantitative estimate of drug-likeness (QED) is 0.447. The molecule has 1 saturated carbocycles. The number of aromatic nitrogens is 5. The van der Waals surface area contributed by atoms with Crippen LogP contribution in [0.15, 0.2) is 53.3 Å². The number of pyridine rings is 1. The topological polar surface area (TPSA) is 101 Å². The van der Waals surface area contributed by atoms with Gasteiger partial charge in [0.05, 0.1) is 11.6 Å². The molecule has 1 saturated heterocycles. The molecule has 7 rings (SSSR count). The molecule has 2 aliphatic heterocycles. The van der Waals surface area contributed by atoms with Crippen LogP contribution in [-0.2, 0) is 0 Å². The molecule has 1 atom stereocenters. The maximum absolute atomic E-state index is 13.6. The molecule has 0 spiro atoms. The lowest BCUT2D eigenvalue weighted by molar-refractivity contribution is 0.174. The molecule has 10 heteroatoms. The highest BCUT2D eigenvalue weighted by molar-refractivity contribution is 5.83. The van der Waals surface area contributed by atoms with Crippen molar-refractivity contribution in [3.63, 3.8) is 0 Å². The van der Waals surface area contributed by atoms with Crippen molar-refractivity contribution < 1.29 is 9.47 Å². The van der Waals surface area contributed by atoms with E-state index in [0.29, 0.717) is 17.1 Å². The van der Waals surface area contributed by atoms with Gasteiger partial charge in [-0.25, -0.2) is 4.68 Å². The molecule has 0 bridgehead atoms. The Labute approximate surface area is 213 Å². The van der Waals surface area contributed by atoms with Crippen LogP contribution in [0.4, 0.5) is 5.69 Å². The highest BCUT2D eigenvalue weighted by Gasteiger charge is 2.35. The molecule has 190 valence electrons. The first-order valence-corrected chi connectivity index (χ1v) is 13.0. The third-order valence-corrected chi connectivity index (χ3v) is 7.89. The van der Waals surface area contributed by atoms with Crippen LogP contribution < -0.4 is 19.9 Å². The first-order valence-electron chi connectivity index (χ1n) is 13.0. The molecule has 0 radical (unpaired) electrons. The second kappa shape index (κ2) is 9.19. The molecule has 3 aliphatic rings. The van der Waals surface area contributed by atoms with E-state index in [-0.39, 0.29) is 24.4 Å². The van der Waals surface area contributed by atoms with Crippen molar-refractivity contribution in [2.24, 2.45) is 0 Å². The number of piperazine rings is 1. The zero-order chi connectivity index (χ0) is 24.8. The number of nitrogens with one attached hydrogen (secondary N) is 1. The maximum atomic E-state index is 13.6. The van der Waals surface area contributed by atoms with Gasteiger partial charge in [-0.15, -0.1) is 5.10 Å². The number of nitrogens with zero attached hydrogens (tertiary/aromatic N) is 6. The Morgan fingerprint density at radius 2 is 1.70 bits per heavy atom. The van der Waals surface area contributed by atoms with E-state index in [9.17, 15) is 4.79 Å². The Balaban J connectivity index is 1.29. The number of hydrogen-bond donors (Lipinski definition) is 1. The third kappa shape index (κ3) is 4.01. The average Bonchev–Trinajstić information content (AvgIpc) is 3.71. The minimum atomic E-state index is -0.355. The minimum absolute atomic E-state index is 0.136. The number of fused-ring (bicyclic) bond motifs is 2. The number of rotatable bonds is 5. The van der Waals surface area contributed by atoms with Gasteiger partial charge in [-0.05, 0) is 47.5 Å². The van der Waals surface area contributed by atoms with Gasteiger partial charge in [0, 0.05) is 48.9 Å². The van der Waals surface area contributed by atoms with Gasteiger partial charge in [0.1, 0.15) is 6.04 Å². The number of benzene rings is 2. The first kappa shape index (κ1) is 22.3. The van der Waals surface area contributed by atoms with Crippen LogP contribution in [0, 0.1) is 0 Å². The van der Waals surface area contributed by atoms with Gasteiger partial charge < -0.3 is 19.4 Å². The fourth-order valence-electron chi connectivity index (χ4n) is 5.98. The molecule has 10 nitrogen and oxygen atoms in total. The third-order valence-electron chi connectivity index (χ3n) is 7.89. The van der Waals surface area contributed by atoms with E-state index >= 15 is 0 Å². The molecule has 2 aromatic heterocycles. The summed E-state index contributed by atoms with van der Waals surface area (Å²) in [4.78, 5) is 21.4. The van der Waals surface area contributed by atoms with Gasteiger partial charge in [0.25, 0.3) is 5.56 Å². The van der Waals surface area contributed by atoms with Crippen LogP contribution in [0.2, 0.25) is 0 Å². The molecule has 1 N–H and O–H groups in total. The summed E-state index contributed by atoms with van der Waals surface area (Å²) in [5.41, 5.74) is 2.45. The standard InChI is InChI=1S/C27H29N7O3/c35-27-21(14-18-15-23-24(37-17-36-23)16-22(18)28-27)25(26-29-30-31-34(26)20-8-4-5-9-20)33-12-10-32(11-13-33)19-6-2-1-3-7-19/h1-3,6-7,14-16,20,25H,4-5,8-13,17H2,(H,28,35)/t25-/m0/s1. The summed E-state index contributed by atoms with van der Waals surface area (Å²) in [7, 11) is 0. The monoisotopic (exact) mass is 499 g/mol. The van der Waals surface area contributed by atoms with Crippen molar-refractivity contribution in [2.75, 3.05) is 37.9 Å². The highest BCUT2D eigenvalue weighted by atomic mass is 16.7. The Bertz CT molecular complexity index is 1470. The second-order valence-corrected chi connectivity index (χ2v) is 10.0. The Morgan fingerprint density at radius 3 is 2.49 bits per heavy atom. The Morgan fingerprint density at radius 1 is 0.946 bits per heavy atom. The molecule has 0 amide bonds. The van der Waals surface area contributed by atoms with Gasteiger partial charge in [-0.1, -0.05) is 31.0 Å². The van der Waals surface area contributed by atoms with Crippen LogP contribution >= 0.6 is 0 Å². The lowest BCUT2D eigenvalue weighted by Crippen LogP contribution is -2.49. The van der Waals surface area contributed by atoms with Gasteiger partial charge in [0.2, 0.25) is 6.79 Å². The Hall–Kier alpha value is -3.92. The van der Waals surface area contributed by atoms with Crippen LogP contribution in [0.1, 0.15) is 49.2 Å². The van der Waals surface area contributed by atoms with Crippen LogP contribution in [0.3, 0.4) is 0 Å². The number of ether oxygens (including phenoxy) is 2. The summed E-state index contributed by atoms with van der Waals surface area (Å²) in [6.45, 7) is 3.48. The lowest BCUT2D eigenvalue weighted by atomic mass is 10.0. The average molecular weight is 500 g/mol. The molecule has 1 aliphatic carbocycles. The van der Waals surface area contributed by atoms with Gasteiger partial charge >= 0.3 is 0 Å². The van der Waals surface area contributed by atoms with E-state index in [1.54, 1.807) is 0 Å². The molecular formula is C27H29N7O3. The second-order valence-electron chi connectivity index (χ2n) is 10.0. The number of H-pyrrole nitrogens is 1. The number of hydrogen-bond acceptors (Lipinski definition) is 8. The summed E-state index contributed by atoms with van der Waals surface area (Å²) in [5, 5.41) is 13.9. The van der Waals surface area contributed by atoms with Crippen molar-refractivity contribution >= 4 is 16.6 Å². The van der Waals surface area contributed by atoms with E-state index in [1.807, 2.05) is 28.9 Å². The Kier molecular flexibility index (Phi) is 5.53. The largest absolute Gasteiger partial charge is 0.454 e. The van der Waals surface area contributed by atoms with Crippen LogP contribution in [0.25, 0.3) is 10.9 Å². The number of para-hydroxylation sites is 1. The maximum Gasteiger partial charge on any atom is 0.253 e. The fourth-order valence-corrected chi connectivity index (χ4v) is 5.98. The van der Waals surface area contributed by atoms with E-state index < -0.39 is 0 Å². The SMILES string of the molecule is O=c1[nH]c2cc3c(cc2cc1[C@@H](c1nnnn1C1CCCC1)N1CCN(c2ccccc2)CC1)OCO3. The van der Waals surface area contributed by atoms with Crippen molar-refractivity contribution in [1.82, 2.24) is 30.1 Å². The normalized spacial score (nSPS) is 19.1. The van der Waals surface area contributed by atoms with Crippen molar-refractivity contribution in [2.45, 2.75) is 37.8 Å². The summed E-state index contributed by atoms with van der Waals surface area (Å²) in [5.74, 6) is 2.08. The summed E-state index contributed by atoms with van der Waals surface area (Å²) in [6, 6.07) is 16.1. The number of tetrazole rings is 1. The van der Waals surface area contributed by atoms with E-state index in [0.717, 1.165) is 55.7 Å². The van der Waals surface area contributed by atoms with Gasteiger partial charge in [-0.3, -0.25) is 9.69 Å². The summed E-state index contributed by atoms with van der Waals surface area (Å²) < 4.78 is 13.1. The van der Waals surface area contributed by atoms with E-state index in [2.05, 4.69) is 54.6 Å². The smallest absolute Gasteiger partial charge is 0.253 e. The first-order chi connectivity index (χ1) is 18.2. The molecular weight excluding hydrogens is 470 g/mol. The molecule has 2 fully saturated rings. The minimum Gasteiger partial charge on any atom is -0.454 e. The van der Waals surface area contributed by atoms with Crippen molar-refractivity contribution in [1.29, 1.82) is 0 Å². The molecule has 4 heterocycles. The van der Waals surface area contributed by atoms with Crippen LogP contribution in [-0.4, -0.2) is 63.1 Å². The predicted molar refractivity (Wildman–Crippen MR) is 138 cm³/mol. The molecule has 4 aromatic rings. The predicted octanol–water partition coefficient (Wildman–Crippen LogP) is 3.27.